The lowest BCUT2D eigenvalue weighted by Gasteiger charge is -2.37. The van der Waals surface area contributed by atoms with E-state index in [1.54, 1.807) is 32.2 Å². The number of nitrogens with zero attached hydrogens (tertiary/aromatic N) is 4. The summed E-state index contributed by atoms with van der Waals surface area (Å²) in [5.41, 5.74) is -0.702. The quantitative estimate of drug-likeness (QED) is 0.869. The van der Waals surface area contributed by atoms with Crippen LogP contribution in [0.1, 0.15) is 13.8 Å². The number of aromatic nitrogens is 1. The molecule has 23 heavy (non-hydrogen) atoms. The van der Waals surface area contributed by atoms with Crippen molar-refractivity contribution < 1.29 is 9.90 Å². The highest BCUT2D eigenvalue weighted by molar-refractivity contribution is 6.30. The highest BCUT2D eigenvalue weighted by Crippen LogP contribution is 2.14. The standard InChI is InChI=1S/C16H25ClN4O2/c1-16(2,23)12-20-6-8-21(9-7-20)15(22)11-19(3)14-5-4-13(17)10-18-14/h4-5,10,23H,6-9,11-12H2,1-3H3. The number of amides is 1. The van der Waals surface area contributed by atoms with Crippen molar-refractivity contribution in [1.29, 1.82) is 0 Å². The van der Waals surface area contributed by atoms with E-state index in [0.717, 1.165) is 18.9 Å². The average molecular weight is 341 g/mol. The van der Waals surface area contributed by atoms with Gasteiger partial charge in [0.15, 0.2) is 0 Å². The fourth-order valence-electron chi connectivity index (χ4n) is 2.68. The van der Waals surface area contributed by atoms with Gasteiger partial charge in [-0.05, 0) is 26.0 Å². The van der Waals surface area contributed by atoms with Crippen molar-refractivity contribution in [2.45, 2.75) is 19.4 Å². The molecule has 1 aliphatic heterocycles. The molecule has 0 aliphatic carbocycles. The third kappa shape index (κ3) is 5.64. The molecular weight excluding hydrogens is 316 g/mol. The predicted octanol–water partition coefficient (Wildman–Crippen LogP) is 1.09. The van der Waals surface area contributed by atoms with Crippen molar-refractivity contribution >= 4 is 23.3 Å². The van der Waals surface area contributed by atoms with Crippen molar-refractivity contribution in [3.63, 3.8) is 0 Å². The topological polar surface area (TPSA) is 59.9 Å². The Bertz CT molecular complexity index is 522. The Balaban J connectivity index is 1.82. The number of pyridine rings is 1. The molecule has 2 heterocycles. The summed E-state index contributed by atoms with van der Waals surface area (Å²) in [5, 5.41) is 10.4. The van der Waals surface area contributed by atoms with Crippen LogP contribution in [0.25, 0.3) is 0 Å². The second kappa shape index (κ2) is 7.47. The molecule has 0 spiro atoms. The first-order chi connectivity index (χ1) is 10.7. The molecule has 0 aromatic carbocycles. The van der Waals surface area contributed by atoms with Gasteiger partial charge in [0.1, 0.15) is 5.82 Å². The lowest BCUT2D eigenvalue weighted by molar-refractivity contribution is -0.131. The van der Waals surface area contributed by atoms with Gasteiger partial charge in [-0.2, -0.15) is 0 Å². The second-order valence-electron chi connectivity index (χ2n) is 6.66. The van der Waals surface area contributed by atoms with Gasteiger partial charge in [-0.25, -0.2) is 4.98 Å². The minimum atomic E-state index is -0.702. The zero-order valence-corrected chi connectivity index (χ0v) is 14.8. The number of likely N-dealkylation sites (N-methyl/N-ethyl adjacent to an activating group) is 1. The molecule has 6 nitrogen and oxygen atoms in total. The van der Waals surface area contributed by atoms with Crippen LogP contribution >= 0.6 is 11.6 Å². The molecule has 0 atom stereocenters. The van der Waals surface area contributed by atoms with E-state index in [4.69, 9.17) is 11.6 Å². The minimum absolute atomic E-state index is 0.0900. The number of aliphatic hydroxyl groups is 1. The Labute approximate surface area is 142 Å². The normalized spacial score (nSPS) is 16.5. The van der Waals surface area contributed by atoms with Crippen LogP contribution in [0.3, 0.4) is 0 Å². The Kier molecular flexibility index (Phi) is 5.84. The molecule has 1 amide bonds. The average Bonchev–Trinajstić information content (AvgIpc) is 2.46. The number of carbonyl (C=O) groups excluding carboxylic acids is 1. The Morgan fingerprint density at radius 3 is 2.52 bits per heavy atom. The van der Waals surface area contributed by atoms with E-state index in [0.29, 0.717) is 31.2 Å². The molecule has 1 fully saturated rings. The van der Waals surface area contributed by atoms with E-state index in [2.05, 4.69) is 9.88 Å². The first-order valence-electron chi connectivity index (χ1n) is 7.80. The van der Waals surface area contributed by atoms with Gasteiger partial charge in [0.25, 0.3) is 0 Å². The number of carbonyl (C=O) groups is 1. The SMILES string of the molecule is CN(CC(=O)N1CCN(CC(C)(C)O)CC1)c1ccc(Cl)cn1. The number of β-amino-alcohol motifs (C(OH)–C–C–N with tert-alkyl or cyclic N) is 1. The maximum absolute atomic E-state index is 12.4. The van der Waals surface area contributed by atoms with Crippen LogP contribution < -0.4 is 4.90 Å². The zero-order chi connectivity index (χ0) is 17.0. The van der Waals surface area contributed by atoms with Gasteiger partial charge in [-0.1, -0.05) is 11.6 Å². The molecule has 7 heteroatoms. The lowest BCUT2D eigenvalue weighted by Crippen LogP contribution is -2.53. The third-order valence-corrected chi connectivity index (χ3v) is 4.03. The first-order valence-corrected chi connectivity index (χ1v) is 8.17. The zero-order valence-electron chi connectivity index (χ0n) is 14.0. The Morgan fingerprint density at radius 2 is 2.00 bits per heavy atom. The number of halogens is 1. The van der Waals surface area contributed by atoms with Crippen molar-refractivity contribution in [3.8, 4) is 0 Å². The maximum Gasteiger partial charge on any atom is 0.242 e. The fraction of sp³-hybridized carbons (Fsp3) is 0.625. The predicted molar refractivity (Wildman–Crippen MR) is 91.8 cm³/mol. The van der Waals surface area contributed by atoms with Crippen LogP contribution in [-0.4, -0.2) is 77.7 Å². The van der Waals surface area contributed by atoms with Gasteiger partial charge in [0.2, 0.25) is 5.91 Å². The van der Waals surface area contributed by atoms with Crippen molar-refractivity contribution in [1.82, 2.24) is 14.8 Å². The summed E-state index contributed by atoms with van der Waals surface area (Å²) in [6, 6.07) is 3.57. The molecule has 0 bridgehead atoms. The summed E-state index contributed by atoms with van der Waals surface area (Å²) >= 11 is 5.82. The van der Waals surface area contributed by atoms with Crippen LogP contribution in [0.4, 0.5) is 5.82 Å². The van der Waals surface area contributed by atoms with E-state index in [1.807, 2.05) is 16.8 Å². The summed E-state index contributed by atoms with van der Waals surface area (Å²) in [6.07, 6.45) is 1.58. The molecule has 1 aromatic rings. The molecule has 0 saturated carbocycles. The van der Waals surface area contributed by atoms with Crippen molar-refractivity contribution in [3.05, 3.63) is 23.4 Å². The van der Waals surface area contributed by atoms with E-state index < -0.39 is 5.60 Å². The number of hydrogen-bond acceptors (Lipinski definition) is 5. The summed E-state index contributed by atoms with van der Waals surface area (Å²) in [7, 11) is 1.85. The highest BCUT2D eigenvalue weighted by Gasteiger charge is 2.25. The van der Waals surface area contributed by atoms with Crippen LogP contribution in [-0.2, 0) is 4.79 Å². The van der Waals surface area contributed by atoms with Crippen LogP contribution in [0.2, 0.25) is 5.02 Å². The number of piperazine rings is 1. The maximum atomic E-state index is 12.4. The van der Waals surface area contributed by atoms with Gasteiger partial charge in [0.05, 0.1) is 17.2 Å². The summed E-state index contributed by atoms with van der Waals surface area (Å²) in [5.74, 6) is 0.815. The lowest BCUT2D eigenvalue weighted by atomic mass is 10.1. The minimum Gasteiger partial charge on any atom is -0.389 e. The molecular formula is C16H25ClN4O2. The van der Waals surface area contributed by atoms with Gasteiger partial charge in [-0.15, -0.1) is 0 Å². The third-order valence-electron chi connectivity index (χ3n) is 3.81. The van der Waals surface area contributed by atoms with Gasteiger partial charge >= 0.3 is 0 Å². The summed E-state index contributed by atoms with van der Waals surface area (Å²) in [6.45, 7) is 7.49. The Morgan fingerprint density at radius 1 is 1.35 bits per heavy atom. The smallest absolute Gasteiger partial charge is 0.242 e. The van der Waals surface area contributed by atoms with E-state index >= 15 is 0 Å². The van der Waals surface area contributed by atoms with Crippen LogP contribution in [0.5, 0.6) is 0 Å². The molecule has 1 aromatic heterocycles. The van der Waals surface area contributed by atoms with Crippen molar-refractivity contribution in [2.24, 2.45) is 0 Å². The summed E-state index contributed by atoms with van der Waals surface area (Å²) in [4.78, 5) is 22.5. The van der Waals surface area contributed by atoms with E-state index in [1.165, 1.54) is 0 Å². The number of anilines is 1. The van der Waals surface area contributed by atoms with Gasteiger partial charge < -0.3 is 14.9 Å². The monoisotopic (exact) mass is 340 g/mol. The van der Waals surface area contributed by atoms with Crippen molar-refractivity contribution in [2.75, 3.05) is 51.2 Å². The van der Waals surface area contributed by atoms with Gasteiger partial charge in [0, 0.05) is 46.0 Å². The van der Waals surface area contributed by atoms with E-state index in [-0.39, 0.29) is 5.91 Å². The largest absolute Gasteiger partial charge is 0.389 e. The molecule has 0 radical (unpaired) electrons. The molecule has 1 aliphatic rings. The van der Waals surface area contributed by atoms with E-state index in [9.17, 15) is 9.90 Å². The van der Waals surface area contributed by atoms with Crippen LogP contribution in [0, 0.1) is 0 Å². The van der Waals surface area contributed by atoms with Crippen LogP contribution in [0.15, 0.2) is 18.3 Å². The molecule has 1 saturated heterocycles. The second-order valence-corrected chi connectivity index (χ2v) is 7.10. The molecule has 2 rings (SSSR count). The molecule has 0 unspecified atom stereocenters. The number of rotatable bonds is 5. The molecule has 128 valence electrons. The first kappa shape index (κ1) is 18.0. The number of hydrogen-bond donors (Lipinski definition) is 1. The molecule has 1 N–H and O–H groups in total. The summed E-state index contributed by atoms with van der Waals surface area (Å²) < 4.78 is 0. The fourth-order valence-corrected chi connectivity index (χ4v) is 2.79. The highest BCUT2D eigenvalue weighted by atomic mass is 35.5. The van der Waals surface area contributed by atoms with Gasteiger partial charge in [-0.3, -0.25) is 9.69 Å². The Hall–Kier alpha value is -1.37.